The minimum absolute atomic E-state index is 0.0439. The Bertz CT molecular complexity index is 956. The van der Waals surface area contributed by atoms with Crippen molar-refractivity contribution in [3.8, 4) is 5.75 Å². The van der Waals surface area contributed by atoms with Crippen molar-refractivity contribution in [2.75, 3.05) is 12.5 Å². The quantitative estimate of drug-likeness (QED) is 0.329. The normalized spacial score (nSPS) is 16.2. The van der Waals surface area contributed by atoms with E-state index in [2.05, 4.69) is 0 Å². The lowest BCUT2D eigenvalue weighted by atomic mass is 9.64. The summed E-state index contributed by atoms with van der Waals surface area (Å²) in [4.78, 5) is 36.2. The molecular formula is C19H26BNO9S. The van der Waals surface area contributed by atoms with Gasteiger partial charge in [-0.25, -0.2) is 18.4 Å². The van der Waals surface area contributed by atoms with Gasteiger partial charge in [0, 0.05) is 18.7 Å². The maximum atomic E-state index is 12.4. The Morgan fingerprint density at radius 3 is 2.55 bits per heavy atom. The number of ketones is 1. The number of nitrogens with two attached hydrogens (primary N) is 1. The standard InChI is InChI=1S/C19H26BNO9S/c1-19(2,3)18(24)29-11-28-17(23)15-6-4-5-12-9-13(20(25)30-16(12)15)10-14(22)7-8-31(21,26)27/h4-6,13,25H,7-11H2,1-3H3,(H2,21,26,27)/t13-/m1/s1. The van der Waals surface area contributed by atoms with Gasteiger partial charge in [-0.15, -0.1) is 0 Å². The molecule has 2 rings (SSSR count). The fraction of sp³-hybridized carbons (Fsp3) is 0.526. The summed E-state index contributed by atoms with van der Waals surface area (Å²) < 4.78 is 37.4. The van der Waals surface area contributed by atoms with E-state index in [4.69, 9.17) is 19.3 Å². The molecule has 1 atom stereocenters. The van der Waals surface area contributed by atoms with Crippen LogP contribution in [0.15, 0.2) is 18.2 Å². The Morgan fingerprint density at radius 1 is 1.26 bits per heavy atom. The van der Waals surface area contributed by atoms with E-state index in [-0.39, 0.29) is 36.4 Å². The van der Waals surface area contributed by atoms with Crippen LogP contribution >= 0.6 is 0 Å². The van der Waals surface area contributed by atoms with E-state index >= 15 is 0 Å². The summed E-state index contributed by atoms with van der Waals surface area (Å²) in [7, 11) is -5.13. The van der Waals surface area contributed by atoms with E-state index < -0.39 is 52.9 Å². The van der Waals surface area contributed by atoms with Crippen LogP contribution in [0.25, 0.3) is 0 Å². The molecule has 1 aliphatic rings. The van der Waals surface area contributed by atoms with Crippen LogP contribution in [0, 0.1) is 5.41 Å². The Kier molecular flexibility index (Phi) is 7.85. The van der Waals surface area contributed by atoms with Crippen molar-refractivity contribution in [3.05, 3.63) is 29.3 Å². The number of para-hydroxylation sites is 1. The van der Waals surface area contributed by atoms with Crippen LogP contribution in [-0.4, -0.2) is 50.8 Å². The highest BCUT2D eigenvalue weighted by atomic mass is 32.2. The SMILES string of the molecule is CC(C)(C)C(=O)OCOC(=O)c1cccc2c1OB(O)[C@@H](CC(=O)CCS(N)(=O)=O)C2. The second-order valence-electron chi connectivity index (χ2n) is 8.36. The minimum Gasteiger partial charge on any atom is -0.535 e. The first-order valence-electron chi connectivity index (χ1n) is 9.61. The van der Waals surface area contributed by atoms with Gasteiger partial charge in [-0.1, -0.05) is 12.1 Å². The predicted molar refractivity (Wildman–Crippen MR) is 111 cm³/mol. The third-order valence-corrected chi connectivity index (χ3v) is 5.36. The van der Waals surface area contributed by atoms with Crippen molar-refractivity contribution >= 4 is 34.9 Å². The van der Waals surface area contributed by atoms with Gasteiger partial charge in [-0.2, -0.15) is 0 Å². The molecule has 1 heterocycles. The topological polar surface area (TPSA) is 159 Å². The number of carbonyl (C=O) groups is 3. The summed E-state index contributed by atoms with van der Waals surface area (Å²) >= 11 is 0. The van der Waals surface area contributed by atoms with E-state index in [9.17, 15) is 27.8 Å². The van der Waals surface area contributed by atoms with Crippen LogP contribution in [0.1, 0.15) is 49.5 Å². The van der Waals surface area contributed by atoms with Gasteiger partial charge in [0.2, 0.25) is 16.8 Å². The van der Waals surface area contributed by atoms with E-state index in [0.29, 0.717) is 5.56 Å². The predicted octanol–water partition coefficient (Wildman–Crippen LogP) is 0.814. The molecule has 0 bridgehead atoms. The zero-order valence-electron chi connectivity index (χ0n) is 17.6. The van der Waals surface area contributed by atoms with Crippen LogP contribution in [-0.2, 0) is 35.5 Å². The van der Waals surface area contributed by atoms with E-state index in [1.165, 1.54) is 6.07 Å². The van der Waals surface area contributed by atoms with Gasteiger partial charge in [0.05, 0.1) is 11.2 Å². The maximum Gasteiger partial charge on any atom is 0.526 e. The first kappa shape index (κ1) is 24.8. The molecule has 1 aromatic carbocycles. The fourth-order valence-corrected chi connectivity index (χ4v) is 3.41. The zero-order chi connectivity index (χ0) is 23.4. The summed E-state index contributed by atoms with van der Waals surface area (Å²) in [6, 6.07) is 4.72. The minimum atomic E-state index is -3.76. The second kappa shape index (κ2) is 9.79. The molecule has 0 aromatic heterocycles. The summed E-state index contributed by atoms with van der Waals surface area (Å²) in [5.74, 6) is -2.66. The average Bonchev–Trinajstić information content (AvgIpc) is 2.65. The van der Waals surface area contributed by atoms with Gasteiger partial charge in [0.25, 0.3) is 0 Å². The Morgan fingerprint density at radius 2 is 1.94 bits per heavy atom. The Balaban J connectivity index is 2.02. The van der Waals surface area contributed by atoms with Crippen LogP contribution in [0.3, 0.4) is 0 Å². The molecule has 0 saturated heterocycles. The number of Topliss-reactive ketones (excluding diaryl/α,β-unsaturated/α-hetero) is 1. The van der Waals surface area contributed by atoms with Crippen molar-refractivity contribution in [2.24, 2.45) is 10.6 Å². The van der Waals surface area contributed by atoms with Gasteiger partial charge in [-0.05, 0) is 38.8 Å². The number of benzene rings is 1. The summed E-state index contributed by atoms with van der Waals surface area (Å²) in [6.07, 6.45) is -0.125. The number of hydrogen-bond acceptors (Lipinski definition) is 9. The highest BCUT2D eigenvalue weighted by Gasteiger charge is 2.38. The first-order valence-corrected chi connectivity index (χ1v) is 11.3. The molecule has 31 heavy (non-hydrogen) atoms. The number of hydrogen-bond donors (Lipinski definition) is 2. The van der Waals surface area contributed by atoms with Crippen LogP contribution in [0.2, 0.25) is 5.82 Å². The lowest BCUT2D eigenvalue weighted by molar-refractivity contribution is -0.161. The molecule has 0 aliphatic carbocycles. The summed E-state index contributed by atoms with van der Waals surface area (Å²) in [5.41, 5.74) is -0.121. The summed E-state index contributed by atoms with van der Waals surface area (Å²) in [5, 5.41) is 15.2. The van der Waals surface area contributed by atoms with Crippen LogP contribution in [0.4, 0.5) is 0 Å². The smallest absolute Gasteiger partial charge is 0.526 e. The molecule has 0 amide bonds. The van der Waals surface area contributed by atoms with Gasteiger partial charge in [-0.3, -0.25) is 9.59 Å². The largest absolute Gasteiger partial charge is 0.535 e. The number of primary sulfonamides is 1. The molecule has 0 fully saturated rings. The molecule has 0 spiro atoms. The molecule has 0 radical (unpaired) electrons. The molecule has 1 aromatic rings. The maximum absolute atomic E-state index is 12.4. The first-order chi connectivity index (χ1) is 14.3. The number of ether oxygens (including phenoxy) is 2. The molecule has 1 aliphatic heterocycles. The van der Waals surface area contributed by atoms with E-state index in [1.807, 2.05) is 0 Å². The number of rotatable bonds is 8. The Labute approximate surface area is 181 Å². The molecule has 10 nitrogen and oxygen atoms in total. The number of sulfonamides is 1. The van der Waals surface area contributed by atoms with Gasteiger partial charge in [0.1, 0.15) is 17.1 Å². The van der Waals surface area contributed by atoms with Crippen molar-refractivity contribution < 1.29 is 42.0 Å². The van der Waals surface area contributed by atoms with Gasteiger partial charge < -0.3 is 19.2 Å². The number of carbonyl (C=O) groups excluding carboxylic acids is 3. The molecular weight excluding hydrogens is 429 g/mol. The highest BCUT2D eigenvalue weighted by Crippen LogP contribution is 2.36. The van der Waals surface area contributed by atoms with Crippen molar-refractivity contribution in [1.82, 2.24) is 0 Å². The third kappa shape index (κ3) is 7.33. The van der Waals surface area contributed by atoms with Crippen molar-refractivity contribution in [2.45, 2.75) is 45.9 Å². The second-order valence-corrected chi connectivity index (χ2v) is 10.1. The highest BCUT2D eigenvalue weighted by molar-refractivity contribution is 7.89. The van der Waals surface area contributed by atoms with Gasteiger partial charge in [0.15, 0.2) is 0 Å². The average molecular weight is 455 g/mol. The number of esters is 2. The van der Waals surface area contributed by atoms with Crippen LogP contribution < -0.4 is 9.79 Å². The molecule has 170 valence electrons. The zero-order valence-corrected chi connectivity index (χ0v) is 18.4. The molecule has 0 unspecified atom stereocenters. The number of fused-ring (bicyclic) bond motifs is 1. The van der Waals surface area contributed by atoms with Gasteiger partial charge >= 0.3 is 19.1 Å². The lowest BCUT2D eigenvalue weighted by Gasteiger charge is -2.28. The van der Waals surface area contributed by atoms with E-state index in [1.54, 1.807) is 32.9 Å². The summed E-state index contributed by atoms with van der Waals surface area (Å²) in [6.45, 7) is 4.42. The lowest BCUT2D eigenvalue weighted by Crippen LogP contribution is -2.36. The van der Waals surface area contributed by atoms with Crippen molar-refractivity contribution in [1.29, 1.82) is 0 Å². The molecule has 0 saturated carbocycles. The molecule has 3 N–H and O–H groups in total. The fourth-order valence-electron chi connectivity index (χ4n) is 2.90. The third-order valence-electron chi connectivity index (χ3n) is 4.59. The van der Waals surface area contributed by atoms with Crippen LogP contribution in [0.5, 0.6) is 5.75 Å². The monoisotopic (exact) mass is 455 g/mol. The Hall–Kier alpha value is -2.44. The van der Waals surface area contributed by atoms with E-state index in [0.717, 1.165) is 0 Å². The molecule has 12 heteroatoms. The van der Waals surface area contributed by atoms with Crippen molar-refractivity contribution in [3.63, 3.8) is 0 Å².